The van der Waals surface area contributed by atoms with Gasteiger partial charge in [-0.1, -0.05) is 0 Å². The molecule has 1 heterocycles. The molecule has 0 unspecified atom stereocenters. The number of aromatic nitrogens is 1. The molecule has 0 saturated heterocycles. The van der Waals surface area contributed by atoms with Crippen molar-refractivity contribution in [3.63, 3.8) is 0 Å². The van der Waals surface area contributed by atoms with Gasteiger partial charge < -0.3 is 10.2 Å². The van der Waals surface area contributed by atoms with Gasteiger partial charge in [-0.05, 0) is 12.1 Å². The summed E-state index contributed by atoms with van der Waals surface area (Å²) in [6, 6.07) is 5.07. The highest BCUT2D eigenvalue weighted by atomic mass is 16.4. The number of anilines is 1. The van der Waals surface area contributed by atoms with Crippen molar-refractivity contribution in [3.05, 3.63) is 28.2 Å². The maximum atomic E-state index is 11.2. The van der Waals surface area contributed by atoms with Gasteiger partial charge in [0.1, 0.15) is 17.1 Å². The number of hydrogen-bond donors (Lipinski definition) is 1. The molecule has 0 aliphatic rings. The Morgan fingerprint density at radius 3 is 2.93 bits per heavy atom. The largest absolute Gasteiger partial charge is 0.419 e. The second-order valence-electron chi connectivity index (χ2n) is 2.92. The highest BCUT2D eigenvalue weighted by molar-refractivity contribution is 5.85. The number of nitriles is 1. The van der Waals surface area contributed by atoms with E-state index in [2.05, 4.69) is 0 Å². The zero-order valence-corrected chi connectivity index (χ0v) is 7.44. The molecule has 0 spiro atoms. The van der Waals surface area contributed by atoms with Gasteiger partial charge >= 0.3 is 5.76 Å². The van der Waals surface area contributed by atoms with Gasteiger partial charge in [-0.3, -0.25) is 4.57 Å². The lowest BCUT2D eigenvalue weighted by Gasteiger charge is -1.98. The molecule has 0 fully saturated rings. The SMILES string of the molecule is Cn1c(=O)oc2ccc(N)c(C#N)c21. The van der Waals surface area contributed by atoms with Crippen molar-refractivity contribution in [1.82, 2.24) is 4.57 Å². The predicted molar refractivity (Wildman–Crippen MR) is 50.6 cm³/mol. The molecule has 0 saturated carbocycles. The first-order chi connectivity index (χ1) is 6.65. The first-order valence-electron chi connectivity index (χ1n) is 3.93. The van der Waals surface area contributed by atoms with Crippen molar-refractivity contribution >= 4 is 16.8 Å². The van der Waals surface area contributed by atoms with Gasteiger partial charge in [0.05, 0.1) is 5.69 Å². The van der Waals surface area contributed by atoms with Crippen LogP contribution in [0.4, 0.5) is 5.69 Å². The van der Waals surface area contributed by atoms with Crippen molar-refractivity contribution < 1.29 is 4.42 Å². The molecule has 0 aliphatic carbocycles. The van der Waals surface area contributed by atoms with Crippen LogP contribution in [0.1, 0.15) is 5.56 Å². The Balaban J connectivity index is 3.08. The molecule has 2 aromatic rings. The Hall–Kier alpha value is -2.22. The highest BCUT2D eigenvalue weighted by Crippen LogP contribution is 2.21. The monoisotopic (exact) mass is 189 g/mol. The van der Waals surface area contributed by atoms with E-state index in [9.17, 15) is 4.79 Å². The number of oxazole rings is 1. The summed E-state index contributed by atoms with van der Waals surface area (Å²) in [5, 5.41) is 8.86. The minimum Gasteiger partial charge on any atom is -0.408 e. The fourth-order valence-electron chi connectivity index (χ4n) is 1.37. The molecule has 14 heavy (non-hydrogen) atoms. The van der Waals surface area contributed by atoms with E-state index >= 15 is 0 Å². The molecule has 5 heteroatoms. The van der Waals surface area contributed by atoms with Crippen molar-refractivity contribution in [2.75, 3.05) is 5.73 Å². The van der Waals surface area contributed by atoms with Gasteiger partial charge in [0.25, 0.3) is 0 Å². The average molecular weight is 189 g/mol. The molecule has 2 N–H and O–H groups in total. The molecule has 0 amide bonds. The Labute approximate surface area is 79.0 Å². The van der Waals surface area contributed by atoms with Crippen LogP contribution in [0.5, 0.6) is 0 Å². The summed E-state index contributed by atoms with van der Waals surface area (Å²) in [5.41, 5.74) is 7.03. The van der Waals surface area contributed by atoms with Gasteiger partial charge in [0.15, 0.2) is 5.58 Å². The molecule has 0 bridgehead atoms. The molecular weight excluding hydrogens is 182 g/mol. The van der Waals surface area contributed by atoms with Crippen LogP contribution in [0.3, 0.4) is 0 Å². The summed E-state index contributed by atoms with van der Waals surface area (Å²) in [6.07, 6.45) is 0. The van der Waals surface area contributed by atoms with Crippen LogP contribution in [-0.4, -0.2) is 4.57 Å². The van der Waals surface area contributed by atoms with E-state index in [1.165, 1.54) is 11.6 Å². The van der Waals surface area contributed by atoms with Crippen LogP contribution >= 0.6 is 0 Å². The zero-order valence-electron chi connectivity index (χ0n) is 7.44. The first kappa shape index (κ1) is 8.38. The molecule has 2 rings (SSSR count). The number of aryl methyl sites for hydroxylation is 1. The van der Waals surface area contributed by atoms with Gasteiger partial charge in [-0.25, -0.2) is 4.79 Å². The van der Waals surface area contributed by atoms with Gasteiger partial charge in [0, 0.05) is 7.05 Å². The lowest BCUT2D eigenvalue weighted by atomic mass is 10.1. The number of benzene rings is 1. The number of nitrogens with zero attached hydrogens (tertiary/aromatic N) is 2. The molecule has 1 aromatic heterocycles. The summed E-state index contributed by atoms with van der Waals surface area (Å²) in [5.74, 6) is -0.498. The third kappa shape index (κ3) is 0.910. The molecule has 0 radical (unpaired) electrons. The van der Waals surface area contributed by atoms with E-state index < -0.39 is 5.76 Å². The third-order valence-electron chi connectivity index (χ3n) is 2.09. The summed E-state index contributed by atoms with van der Waals surface area (Å²) < 4.78 is 6.16. The summed E-state index contributed by atoms with van der Waals surface area (Å²) >= 11 is 0. The number of nitrogen functional groups attached to an aromatic ring is 1. The Morgan fingerprint density at radius 1 is 1.57 bits per heavy atom. The van der Waals surface area contributed by atoms with Crippen LogP contribution < -0.4 is 11.5 Å². The minimum atomic E-state index is -0.498. The number of nitrogens with two attached hydrogens (primary N) is 1. The Morgan fingerprint density at radius 2 is 2.29 bits per heavy atom. The van der Waals surface area contributed by atoms with Crippen LogP contribution in [0.2, 0.25) is 0 Å². The van der Waals surface area contributed by atoms with E-state index in [1.807, 2.05) is 6.07 Å². The Bertz CT molecular complexity index is 601. The molecule has 0 aliphatic heterocycles. The smallest absolute Gasteiger partial charge is 0.408 e. The second kappa shape index (κ2) is 2.64. The average Bonchev–Trinajstić information content (AvgIpc) is 2.45. The van der Waals surface area contributed by atoms with Gasteiger partial charge in [0.2, 0.25) is 0 Å². The predicted octanol–water partition coefficient (Wildman–Crippen LogP) is 0.585. The zero-order chi connectivity index (χ0) is 10.3. The second-order valence-corrected chi connectivity index (χ2v) is 2.92. The maximum Gasteiger partial charge on any atom is 0.419 e. The number of hydrogen-bond acceptors (Lipinski definition) is 4. The van der Waals surface area contributed by atoms with Crippen LogP contribution in [-0.2, 0) is 7.05 Å². The van der Waals surface area contributed by atoms with Crippen molar-refractivity contribution in [2.45, 2.75) is 0 Å². The fraction of sp³-hybridized carbons (Fsp3) is 0.111. The molecule has 1 aromatic carbocycles. The van der Waals surface area contributed by atoms with Crippen molar-refractivity contribution in [2.24, 2.45) is 7.05 Å². The molecule has 0 atom stereocenters. The normalized spacial score (nSPS) is 10.3. The van der Waals surface area contributed by atoms with Gasteiger partial charge in [-0.15, -0.1) is 0 Å². The lowest BCUT2D eigenvalue weighted by molar-refractivity contribution is 0.528. The van der Waals surface area contributed by atoms with Crippen molar-refractivity contribution in [1.29, 1.82) is 5.26 Å². The van der Waals surface area contributed by atoms with Crippen molar-refractivity contribution in [3.8, 4) is 6.07 Å². The number of rotatable bonds is 0. The fourth-order valence-corrected chi connectivity index (χ4v) is 1.37. The third-order valence-corrected chi connectivity index (χ3v) is 2.09. The van der Waals surface area contributed by atoms with E-state index in [1.54, 1.807) is 12.1 Å². The lowest BCUT2D eigenvalue weighted by Crippen LogP contribution is -2.09. The molecular formula is C9H7N3O2. The molecule has 5 nitrogen and oxygen atoms in total. The first-order valence-corrected chi connectivity index (χ1v) is 3.93. The van der Waals surface area contributed by atoms with Crippen LogP contribution in [0.25, 0.3) is 11.1 Å². The van der Waals surface area contributed by atoms with Crippen LogP contribution in [0, 0.1) is 11.3 Å². The standard InChI is InChI=1S/C9H7N3O2/c1-12-8-5(4-10)6(11)2-3-7(8)14-9(12)13/h2-3H,11H2,1H3. The molecule has 70 valence electrons. The summed E-state index contributed by atoms with van der Waals surface area (Å²) in [6.45, 7) is 0. The summed E-state index contributed by atoms with van der Waals surface area (Å²) in [4.78, 5) is 11.2. The quantitative estimate of drug-likeness (QED) is 0.614. The topological polar surface area (TPSA) is 84.9 Å². The van der Waals surface area contributed by atoms with E-state index in [4.69, 9.17) is 15.4 Å². The summed E-state index contributed by atoms with van der Waals surface area (Å²) in [7, 11) is 1.54. The van der Waals surface area contributed by atoms with E-state index in [0.717, 1.165) is 0 Å². The van der Waals surface area contributed by atoms with E-state index in [0.29, 0.717) is 16.8 Å². The maximum absolute atomic E-state index is 11.2. The number of fused-ring (bicyclic) bond motifs is 1. The van der Waals surface area contributed by atoms with Gasteiger partial charge in [-0.2, -0.15) is 5.26 Å². The minimum absolute atomic E-state index is 0.274. The van der Waals surface area contributed by atoms with E-state index in [-0.39, 0.29) is 5.56 Å². The van der Waals surface area contributed by atoms with Crippen LogP contribution in [0.15, 0.2) is 21.3 Å². The Kier molecular flexibility index (Phi) is 1.58. The highest BCUT2D eigenvalue weighted by Gasteiger charge is 2.12.